The molecule has 3 nitrogen and oxygen atoms in total. The van der Waals surface area contributed by atoms with E-state index in [0.29, 0.717) is 11.7 Å². The number of rotatable bonds is 1. The molecule has 0 bridgehead atoms. The summed E-state index contributed by atoms with van der Waals surface area (Å²) in [6.07, 6.45) is 0. The van der Waals surface area contributed by atoms with Gasteiger partial charge >= 0.3 is 0 Å². The first-order chi connectivity index (χ1) is 7.50. The van der Waals surface area contributed by atoms with E-state index in [-0.39, 0.29) is 5.91 Å². The van der Waals surface area contributed by atoms with Crippen LogP contribution in [0.15, 0.2) is 30.3 Å². The van der Waals surface area contributed by atoms with E-state index in [1.807, 2.05) is 37.3 Å². The highest BCUT2D eigenvalue weighted by molar-refractivity contribution is 9.10. The molecule has 1 N–H and O–H groups in total. The number of hydrogen-bond donors (Lipinski definition) is 1. The van der Waals surface area contributed by atoms with E-state index < -0.39 is 4.32 Å². The van der Waals surface area contributed by atoms with Crippen LogP contribution in [-0.4, -0.2) is 26.8 Å². The Kier molecular flexibility index (Phi) is 2.99. The number of hydrogen-bond acceptors (Lipinski definition) is 2. The van der Waals surface area contributed by atoms with E-state index in [1.165, 1.54) is 0 Å². The highest BCUT2D eigenvalue weighted by Crippen LogP contribution is 2.31. The van der Waals surface area contributed by atoms with Crippen LogP contribution in [0.2, 0.25) is 0 Å². The van der Waals surface area contributed by atoms with Gasteiger partial charge in [-0.25, -0.2) is 0 Å². The van der Waals surface area contributed by atoms with Crippen molar-refractivity contribution in [3.05, 3.63) is 30.3 Å². The van der Waals surface area contributed by atoms with Crippen LogP contribution in [0.4, 0.5) is 5.69 Å². The number of halogens is 1. The number of benzene rings is 1. The lowest BCUT2D eigenvalue weighted by atomic mass is 10.0. The summed E-state index contributed by atoms with van der Waals surface area (Å²) in [6.45, 7) is 2.45. The number of thiocarbonyl (C=S) groups is 1. The maximum absolute atomic E-state index is 11.7. The predicted molar refractivity (Wildman–Crippen MR) is 71.7 cm³/mol. The summed E-state index contributed by atoms with van der Waals surface area (Å²) in [5.74, 6) is 0.000862. The van der Waals surface area contributed by atoms with Gasteiger partial charge in [0.25, 0.3) is 0 Å². The molecule has 84 valence electrons. The van der Waals surface area contributed by atoms with Crippen LogP contribution in [0.25, 0.3) is 0 Å². The maximum Gasteiger partial charge on any atom is 0.247 e. The van der Waals surface area contributed by atoms with Crippen molar-refractivity contribution >= 4 is 44.9 Å². The second-order valence-electron chi connectivity index (χ2n) is 3.88. The molecule has 0 radical (unpaired) electrons. The molecule has 0 spiro atoms. The molecular formula is C11H11BrN2OS. The molecule has 0 saturated carbocycles. The number of carbonyl (C=O) groups excluding carboxylic acids is 1. The van der Waals surface area contributed by atoms with Gasteiger partial charge in [0, 0.05) is 5.69 Å². The largest absolute Gasteiger partial charge is 0.332 e. The minimum Gasteiger partial charge on any atom is -0.332 e. The Morgan fingerprint density at radius 1 is 1.50 bits per heavy atom. The number of anilines is 1. The number of alkyl halides is 1. The fraction of sp³-hybridized carbons (Fsp3) is 0.273. The van der Waals surface area contributed by atoms with Crippen molar-refractivity contribution in [3.8, 4) is 0 Å². The second-order valence-corrected chi connectivity index (χ2v) is 6.02. The maximum atomic E-state index is 11.7. The Bertz CT molecular complexity index is 433. The third-order valence-corrected chi connectivity index (χ3v) is 3.33. The van der Waals surface area contributed by atoms with Crippen molar-refractivity contribution in [1.82, 2.24) is 4.90 Å². The molecule has 1 unspecified atom stereocenters. The van der Waals surface area contributed by atoms with Gasteiger partial charge < -0.3 is 5.32 Å². The third-order valence-electron chi connectivity index (χ3n) is 2.42. The van der Waals surface area contributed by atoms with Gasteiger partial charge in [0.15, 0.2) is 5.11 Å². The first-order valence-electron chi connectivity index (χ1n) is 4.87. The zero-order valence-corrected chi connectivity index (χ0v) is 11.1. The smallest absolute Gasteiger partial charge is 0.247 e. The van der Waals surface area contributed by atoms with E-state index in [4.69, 9.17) is 12.2 Å². The Hall–Kier alpha value is -0.940. The average Bonchev–Trinajstić information content (AvgIpc) is 2.27. The minimum absolute atomic E-state index is 0.000862. The molecule has 2 rings (SSSR count). The Balaban J connectivity index is 1.99. The van der Waals surface area contributed by atoms with E-state index in [2.05, 4.69) is 21.2 Å². The van der Waals surface area contributed by atoms with Crippen LogP contribution in [0.5, 0.6) is 0 Å². The highest BCUT2D eigenvalue weighted by Gasteiger charge is 2.48. The molecule has 5 heteroatoms. The van der Waals surface area contributed by atoms with Crippen molar-refractivity contribution in [2.24, 2.45) is 0 Å². The fourth-order valence-electron chi connectivity index (χ4n) is 1.50. The van der Waals surface area contributed by atoms with Crippen LogP contribution in [0.1, 0.15) is 6.92 Å². The molecule has 0 aliphatic carbocycles. The van der Waals surface area contributed by atoms with E-state index in [9.17, 15) is 4.79 Å². The SMILES string of the molecule is CC1(Br)CN(C(=S)Nc2ccccc2)C1=O. The lowest BCUT2D eigenvalue weighted by Gasteiger charge is -2.42. The zero-order chi connectivity index (χ0) is 11.8. The summed E-state index contributed by atoms with van der Waals surface area (Å²) >= 11 is 8.51. The summed E-state index contributed by atoms with van der Waals surface area (Å²) in [6, 6.07) is 9.57. The van der Waals surface area contributed by atoms with Crippen molar-refractivity contribution in [2.45, 2.75) is 11.2 Å². The van der Waals surface area contributed by atoms with Crippen molar-refractivity contribution in [3.63, 3.8) is 0 Å². The van der Waals surface area contributed by atoms with Crippen molar-refractivity contribution in [1.29, 1.82) is 0 Å². The number of amides is 1. The summed E-state index contributed by atoms with van der Waals surface area (Å²) in [7, 11) is 0. The summed E-state index contributed by atoms with van der Waals surface area (Å²) in [5.41, 5.74) is 0.892. The monoisotopic (exact) mass is 298 g/mol. The first-order valence-corrected chi connectivity index (χ1v) is 6.08. The summed E-state index contributed by atoms with van der Waals surface area (Å²) in [4.78, 5) is 13.2. The van der Waals surface area contributed by atoms with Gasteiger partial charge in [-0.2, -0.15) is 0 Å². The number of nitrogens with zero attached hydrogens (tertiary/aromatic N) is 1. The number of para-hydroxylation sites is 1. The van der Waals surface area contributed by atoms with Crippen LogP contribution < -0.4 is 5.32 Å². The lowest BCUT2D eigenvalue weighted by molar-refractivity contribution is -0.137. The number of carbonyl (C=O) groups is 1. The van der Waals surface area contributed by atoms with Gasteiger partial charge in [0.2, 0.25) is 5.91 Å². The van der Waals surface area contributed by atoms with Crippen molar-refractivity contribution < 1.29 is 4.79 Å². The van der Waals surface area contributed by atoms with Gasteiger partial charge in [-0.05, 0) is 31.3 Å². The molecule has 16 heavy (non-hydrogen) atoms. The van der Waals surface area contributed by atoms with Gasteiger partial charge in [-0.1, -0.05) is 34.1 Å². The second kappa shape index (κ2) is 4.14. The van der Waals surface area contributed by atoms with Gasteiger partial charge in [0.05, 0.1) is 6.54 Å². The minimum atomic E-state index is -0.449. The average molecular weight is 299 g/mol. The normalized spacial score (nSPS) is 23.9. The molecule has 1 atom stereocenters. The molecule has 1 aliphatic rings. The standard InChI is InChI=1S/C11H11BrN2OS/c1-11(12)7-14(9(11)15)10(16)13-8-5-3-2-4-6-8/h2-6H,7H2,1H3,(H,13,16). The quantitative estimate of drug-likeness (QED) is 0.491. The molecule has 1 fully saturated rings. The molecule has 1 saturated heterocycles. The van der Waals surface area contributed by atoms with E-state index in [0.717, 1.165) is 5.69 Å². The lowest BCUT2D eigenvalue weighted by Crippen LogP contribution is -2.64. The van der Waals surface area contributed by atoms with E-state index >= 15 is 0 Å². The molecular weight excluding hydrogens is 288 g/mol. The Labute approximate surface area is 108 Å². The van der Waals surface area contributed by atoms with Crippen LogP contribution in [-0.2, 0) is 4.79 Å². The van der Waals surface area contributed by atoms with Crippen LogP contribution in [0, 0.1) is 0 Å². The molecule has 1 aliphatic heterocycles. The topological polar surface area (TPSA) is 32.3 Å². The van der Waals surface area contributed by atoms with Crippen LogP contribution >= 0.6 is 28.1 Å². The predicted octanol–water partition coefficient (Wildman–Crippen LogP) is 2.38. The third kappa shape index (κ3) is 2.10. The summed E-state index contributed by atoms with van der Waals surface area (Å²) in [5, 5.41) is 3.48. The van der Waals surface area contributed by atoms with Crippen molar-refractivity contribution in [2.75, 3.05) is 11.9 Å². The fourth-order valence-corrected chi connectivity index (χ4v) is 2.23. The van der Waals surface area contributed by atoms with E-state index in [1.54, 1.807) is 4.90 Å². The Morgan fingerprint density at radius 3 is 2.62 bits per heavy atom. The number of nitrogens with one attached hydrogen (secondary N) is 1. The molecule has 1 aromatic carbocycles. The highest BCUT2D eigenvalue weighted by atomic mass is 79.9. The number of likely N-dealkylation sites (tertiary alicyclic amines) is 1. The molecule has 1 heterocycles. The van der Waals surface area contributed by atoms with Crippen LogP contribution in [0.3, 0.4) is 0 Å². The Morgan fingerprint density at radius 2 is 2.12 bits per heavy atom. The number of β-lactam (4-membered cyclic amide) rings is 1. The van der Waals surface area contributed by atoms with Gasteiger partial charge in [0.1, 0.15) is 4.32 Å². The van der Waals surface area contributed by atoms with Gasteiger partial charge in [-0.15, -0.1) is 0 Å². The molecule has 0 aromatic heterocycles. The zero-order valence-electron chi connectivity index (χ0n) is 8.74. The summed E-state index contributed by atoms with van der Waals surface area (Å²) < 4.78 is -0.449. The first kappa shape index (κ1) is 11.5. The molecule has 1 amide bonds. The van der Waals surface area contributed by atoms with Gasteiger partial charge in [-0.3, -0.25) is 9.69 Å². The molecule has 1 aromatic rings.